The molecule has 6 nitrogen and oxygen atoms in total. The molecular weight excluding hydrogens is 392 g/mol. The molecule has 2 aromatic rings. The smallest absolute Gasteiger partial charge is 0.311 e. The summed E-state index contributed by atoms with van der Waals surface area (Å²) in [5.74, 6) is -1.76. The first-order chi connectivity index (χ1) is 13.8. The Morgan fingerprint density at radius 3 is 2.69 bits per heavy atom. The molecule has 1 heterocycles. The quantitative estimate of drug-likeness (QED) is 0.755. The molecule has 0 bridgehead atoms. The van der Waals surface area contributed by atoms with Gasteiger partial charge in [0.15, 0.2) is 6.61 Å². The van der Waals surface area contributed by atoms with E-state index in [0.717, 1.165) is 16.7 Å². The molecule has 152 valence electrons. The minimum Gasteiger partial charge on any atom is -0.455 e. The first kappa shape index (κ1) is 20.9. The molecule has 1 atom stereocenters. The highest BCUT2D eigenvalue weighted by Crippen LogP contribution is 2.31. The molecule has 0 spiro atoms. The highest BCUT2D eigenvalue weighted by molar-refractivity contribution is 6.31. The van der Waals surface area contributed by atoms with Crippen LogP contribution in [0.15, 0.2) is 36.4 Å². The van der Waals surface area contributed by atoms with Crippen LogP contribution in [0.25, 0.3) is 0 Å². The fraction of sp³-hybridized carbons (Fsp3) is 0.318. The number of carbonyl (C=O) groups is 3. The summed E-state index contributed by atoms with van der Waals surface area (Å²) in [6.45, 7) is 5.50. The normalized spacial score (nSPS) is 16.1. The van der Waals surface area contributed by atoms with E-state index in [9.17, 15) is 14.4 Å². The van der Waals surface area contributed by atoms with Gasteiger partial charge in [-0.2, -0.15) is 0 Å². The first-order valence-corrected chi connectivity index (χ1v) is 9.73. The molecule has 1 N–H and O–H groups in total. The van der Waals surface area contributed by atoms with E-state index in [0.29, 0.717) is 16.4 Å². The monoisotopic (exact) mass is 414 g/mol. The summed E-state index contributed by atoms with van der Waals surface area (Å²) in [5, 5.41) is 3.29. The number of nitrogens with zero attached hydrogens (tertiary/aromatic N) is 1. The molecular formula is C22H23ClN2O4. The van der Waals surface area contributed by atoms with Crippen molar-refractivity contribution in [2.75, 3.05) is 23.4 Å². The van der Waals surface area contributed by atoms with Crippen molar-refractivity contribution < 1.29 is 19.1 Å². The first-order valence-electron chi connectivity index (χ1n) is 9.35. The predicted molar refractivity (Wildman–Crippen MR) is 112 cm³/mol. The van der Waals surface area contributed by atoms with Crippen molar-refractivity contribution in [2.24, 2.45) is 5.92 Å². The number of aryl methyl sites for hydroxylation is 2. The Morgan fingerprint density at radius 1 is 1.21 bits per heavy atom. The standard InChI is InChI=1S/C22H23ClN2O4/c1-13-7-8-18(14(2)9-13)24-20(26)12-29-22(28)16-10-21(27)25(11-16)19-6-4-5-17(23)15(19)3/h4-9,16H,10-12H2,1-3H3,(H,24,26)/t16-/m1/s1. The van der Waals surface area contributed by atoms with Crippen molar-refractivity contribution in [1.82, 2.24) is 0 Å². The van der Waals surface area contributed by atoms with Gasteiger partial charge < -0.3 is 15.0 Å². The van der Waals surface area contributed by atoms with Crippen molar-refractivity contribution in [3.63, 3.8) is 0 Å². The maximum Gasteiger partial charge on any atom is 0.311 e. The number of anilines is 2. The fourth-order valence-corrected chi connectivity index (χ4v) is 3.55. The van der Waals surface area contributed by atoms with E-state index in [1.807, 2.05) is 39.0 Å². The Kier molecular flexibility index (Phi) is 6.23. The lowest BCUT2D eigenvalue weighted by molar-refractivity contribution is -0.151. The summed E-state index contributed by atoms with van der Waals surface area (Å²) < 4.78 is 5.15. The lowest BCUT2D eigenvalue weighted by atomic mass is 10.1. The van der Waals surface area contributed by atoms with Crippen LogP contribution >= 0.6 is 11.6 Å². The molecule has 0 unspecified atom stereocenters. The van der Waals surface area contributed by atoms with E-state index in [2.05, 4.69) is 5.32 Å². The number of benzene rings is 2. The summed E-state index contributed by atoms with van der Waals surface area (Å²) in [7, 11) is 0. The largest absolute Gasteiger partial charge is 0.455 e. The fourth-order valence-electron chi connectivity index (χ4n) is 3.38. The molecule has 2 aromatic carbocycles. The predicted octanol–water partition coefficient (Wildman–Crippen LogP) is 3.80. The Labute approximate surface area is 174 Å². The van der Waals surface area contributed by atoms with E-state index >= 15 is 0 Å². The zero-order chi connectivity index (χ0) is 21.1. The Bertz CT molecular complexity index is 973. The molecule has 3 rings (SSSR count). The van der Waals surface area contributed by atoms with Gasteiger partial charge in [0.2, 0.25) is 5.91 Å². The molecule has 7 heteroatoms. The van der Waals surface area contributed by atoms with Crippen LogP contribution in [0.1, 0.15) is 23.1 Å². The van der Waals surface area contributed by atoms with E-state index in [4.69, 9.17) is 16.3 Å². The number of carbonyl (C=O) groups excluding carboxylic acids is 3. The minimum absolute atomic E-state index is 0.0451. The maximum absolute atomic E-state index is 12.4. The van der Waals surface area contributed by atoms with Gasteiger partial charge in [-0.1, -0.05) is 35.4 Å². The third-order valence-corrected chi connectivity index (χ3v) is 5.40. The minimum atomic E-state index is -0.616. The van der Waals surface area contributed by atoms with Gasteiger partial charge in [0, 0.05) is 29.4 Å². The van der Waals surface area contributed by atoms with Crippen molar-refractivity contribution in [2.45, 2.75) is 27.2 Å². The van der Waals surface area contributed by atoms with E-state index < -0.39 is 24.4 Å². The third kappa shape index (κ3) is 4.77. The number of halogens is 1. The lowest BCUT2D eigenvalue weighted by Crippen LogP contribution is -2.28. The van der Waals surface area contributed by atoms with Crippen LogP contribution in [0.2, 0.25) is 5.02 Å². The second kappa shape index (κ2) is 8.66. The highest BCUT2D eigenvalue weighted by atomic mass is 35.5. The Hall–Kier alpha value is -2.86. The van der Waals surface area contributed by atoms with Crippen LogP contribution in [-0.4, -0.2) is 30.9 Å². The second-order valence-electron chi connectivity index (χ2n) is 7.26. The Balaban J connectivity index is 1.56. The van der Waals surface area contributed by atoms with Gasteiger partial charge >= 0.3 is 5.97 Å². The third-order valence-electron chi connectivity index (χ3n) is 4.99. The molecule has 1 saturated heterocycles. The number of nitrogens with one attached hydrogen (secondary N) is 1. The molecule has 0 radical (unpaired) electrons. The van der Waals surface area contributed by atoms with Crippen molar-refractivity contribution in [1.29, 1.82) is 0 Å². The summed E-state index contributed by atoms with van der Waals surface area (Å²) in [6.07, 6.45) is 0.0451. The van der Waals surface area contributed by atoms with Gasteiger partial charge in [0.05, 0.1) is 5.92 Å². The number of amides is 2. The molecule has 1 fully saturated rings. The van der Waals surface area contributed by atoms with Gasteiger partial charge in [-0.25, -0.2) is 0 Å². The van der Waals surface area contributed by atoms with Gasteiger partial charge in [-0.05, 0) is 50.1 Å². The topological polar surface area (TPSA) is 75.7 Å². The zero-order valence-corrected chi connectivity index (χ0v) is 17.4. The van der Waals surface area contributed by atoms with Crippen LogP contribution in [0, 0.1) is 26.7 Å². The number of hydrogen-bond acceptors (Lipinski definition) is 4. The van der Waals surface area contributed by atoms with Gasteiger partial charge in [0.25, 0.3) is 5.91 Å². The van der Waals surface area contributed by atoms with Crippen LogP contribution < -0.4 is 10.2 Å². The lowest BCUT2D eigenvalue weighted by Gasteiger charge is -2.19. The average molecular weight is 415 g/mol. The van der Waals surface area contributed by atoms with E-state index in [-0.39, 0.29) is 18.9 Å². The van der Waals surface area contributed by atoms with Crippen LogP contribution in [-0.2, 0) is 19.1 Å². The Morgan fingerprint density at radius 2 is 1.97 bits per heavy atom. The van der Waals surface area contributed by atoms with Crippen LogP contribution in [0.5, 0.6) is 0 Å². The van der Waals surface area contributed by atoms with Crippen LogP contribution in [0.3, 0.4) is 0 Å². The molecule has 2 amide bonds. The van der Waals surface area contributed by atoms with Gasteiger partial charge in [-0.3, -0.25) is 14.4 Å². The molecule has 1 aliphatic heterocycles. The van der Waals surface area contributed by atoms with E-state index in [1.54, 1.807) is 23.1 Å². The molecule has 0 aromatic heterocycles. The van der Waals surface area contributed by atoms with Gasteiger partial charge in [-0.15, -0.1) is 0 Å². The summed E-state index contributed by atoms with van der Waals surface area (Å²) in [4.78, 5) is 38.4. The SMILES string of the molecule is Cc1ccc(NC(=O)COC(=O)[C@@H]2CC(=O)N(c3cccc(Cl)c3C)C2)c(C)c1. The number of hydrogen-bond donors (Lipinski definition) is 1. The van der Waals surface area contributed by atoms with Gasteiger partial charge in [0.1, 0.15) is 0 Å². The zero-order valence-electron chi connectivity index (χ0n) is 16.6. The van der Waals surface area contributed by atoms with Crippen LogP contribution in [0.4, 0.5) is 11.4 Å². The number of rotatable bonds is 5. The maximum atomic E-state index is 12.4. The summed E-state index contributed by atoms with van der Waals surface area (Å²) >= 11 is 6.14. The average Bonchev–Trinajstić information content (AvgIpc) is 3.06. The second-order valence-corrected chi connectivity index (χ2v) is 7.67. The summed E-state index contributed by atoms with van der Waals surface area (Å²) in [5.41, 5.74) is 4.17. The van der Waals surface area contributed by atoms with E-state index in [1.165, 1.54) is 0 Å². The molecule has 29 heavy (non-hydrogen) atoms. The molecule has 0 saturated carbocycles. The number of esters is 1. The van der Waals surface area contributed by atoms with Crippen molar-refractivity contribution >= 4 is 40.8 Å². The number of ether oxygens (including phenoxy) is 1. The van der Waals surface area contributed by atoms with Crippen molar-refractivity contribution in [3.8, 4) is 0 Å². The summed E-state index contributed by atoms with van der Waals surface area (Å²) in [6, 6.07) is 11.0. The van der Waals surface area contributed by atoms with Crippen molar-refractivity contribution in [3.05, 3.63) is 58.1 Å². The highest BCUT2D eigenvalue weighted by Gasteiger charge is 2.37. The molecule has 1 aliphatic rings. The molecule has 0 aliphatic carbocycles.